The summed E-state index contributed by atoms with van der Waals surface area (Å²) in [4.78, 5) is -0.359. The van der Waals surface area contributed by atoms with Gasteiger partial charge in [-0.3, -0.25) is 0 Å². The summed E-state index contributed by atoms with van der Waals surface area (Å²) in [7, 11) is -4.28. The minimum absolute atomic E-state index is 0.00380. The van der Waals surface area contributed by atoms with Crippen molar-refractivity contribution in [3.63, 3.8) is 0 Å². The van der Waals surface area contributed by atoms with Gasteiger partial charge in [-0.25, -0.2) is 21.6 Å². The van der Waals surface area contributed by atoms with E-state index in [9.17, 15) is 26.7 Å². The Bertz CT molecular complexity index is 881. The molecule has 1 N–H and O–H groups in total. The summed E-state index contributed by atoms with van der Waals surface area (Å²) in [5.74, 6) is -1.90. The molecule has 2 atom stereocenters. The van der Waals surface area contributed by atoms with Crippen LogP contribution >= 0.6 is 15.9 Å². The van der Waals surface area contributed by atoms with E-state index in [0.29, 0.717) is 6.07 Å². The van der Waals surface area contributed by atoms with Crippen molar-refractivity contribution in [1.29, 1.82) is 0 Å². The quantitative estimate of drug-likeness (QED) is 0.823. The normalized spacial score (nSPS) is 22.0. The number of ether oxygens (including phenoxy) is 1. The lowest BCUT2D eigenvalue weighted by Gasteiger charge is -2.12. The average molecular weight is 409 g/mol. The van der Waals surface area contributed by atoms with Crippen LogP contribution in [0.2, 0.25) is 0 Å². The highest BCUT2D eigenvalue weighted by molar-refractivity contribution is 9.10. The largest absolute Gasteiger partial charge is 0.456 e. The number of hydrogen-bond donors (Lipinski definition) is 1. The first-order valence-corrected chi connectivity index (χ1v) is 8.58. The molecule has 1 aliphatic rings. The molecule has 0 saturated carbocycles. The van der Waals surface area contributed by atoms with Gasteiger partial charge in [0.15, 0.2) is 0 Å². The van der Waals surface area contributed by atoms with Gasteiger partial charge in [0, 0.05) is 23.8 Å². The van der Waals surface area contributed by atoms with Gasteiger partial charge < -0.3 is 9.84 Å². The van der Waals surface area contributed by atoms with Crippen LogP contribution in [0, 0.1) is 11.6 Å². The fourth-order valence-corrected chi connectivity index (χ4v) is 4.59. The van der Waals surface area contributed by atoms with Crippen LogP contribution in [-0.2, 0) is 9.84 Å². The van der Waals surface area contributed by atoms with Crippen LogP contribution in [0.5, 0.6) is 11.5 Å². The molecule has 4 nitrogen and oxygen atoms in total. The first-order valence-electron chi connectivity index (χ1n) is 6.24. The highest BCUT2D eigenvalue weighted by Crippen LogP contribution is 2.47. The van der Waals surface area contributed by atoms with Crippen molar-refractivity contribution in [2.24, 2.45) is 0 Å². The van der Waals surface area contributed by atoms with Crippen LogP contribution in [-0.4, -0.2) is 19.0 Å². The Balaban J connectivity index is 2.08. The van der Waals surface area contributed by atoms with E-state index in [2.05, 4.69) is 15.9 Å². The van der Waals surface area contributed by atoms with Crippen LogP contribution in [0.15, 0.2) is 39.7 Å². The van der Waals surface area contributed by atoms with Gasteiger partial charge in [0.05, 0.1) is 9.37 Å². The Labute approximate surface area is 137 Å². The second kappa shape index (κ2) is 5.50. The average Bonchev–Trinajstić information content (AvgIpc) is 2.62. The summed E-state index contributed by atoms with van der Waals surface area (Å²) in [6.45, 7) is 0. The molecule has 23 heavy (non-hydrogen) atoms. The molecule has 0 saturated heterocycles. The minimum Gasteiger partial charge on any atom is -0.456 e. The van der Waals surface area contributed by atoms with Gasteiger partial charge in [-0.05, 0) is 28.1 Å². The molecule has 1 aliphatic heterocycles. The number of aliphatic hydroxyl groups excluding tert-OH is 1. The zero-order chi connectivity index (χ0) is 16.9. The van der Waals surface area contributed by atoms with Crippen molar-refractivity contribution in [2.45, 2.75) is 16.5 Å². The molecule has 0 radical (unpaired) electrons. The minimum atomic E-state index is -4.28. The molecule has 3 rings (SSSR count). The molecule has 0 amide bonds. The van der Waals surface area contributed by atoms with Crippen molar-refractivity contribution in [3.8, 4) is 11.5 Å². The standard InChI is InChI=1S/C14H8BrF3O4S/c15-12-9(22-8-4-6(16)3-7(17)5-8)1-2-10-11(12)13(19)14(18)23(10,20)21/h1-5,13-14,19H. The van der Waals surface area contributed by atoms with E-state index in [1.807, 2.05) is 0 Å². The van der Waals surface area contributed by atoms with Crippen molar-refractivity contribution >= 4 is 25.8 Å². The second-order valence-electron chi connectivity index (χ2n) is 4.84. The maximum absolute atomic E-state index is 13.7. The zero-order valence-electron chi connectivity index (χ0n) is 11.1. The number of fused-ring (bicyclic) bond motifs is 1. The SMILES string of the molecule is O=S1(=O)c2ccc(Oc3cc(F)cc(F)c3)c(Br)c2C(O)C1F. The molecule has 2 aromatic rings. The van der Waals surface area contributed by atoms with E-state index in [1.54, 1.807) is 0 Å². The lowest BCUT2D eigenvalue weighted by molar-refractivity contribution is 0.123. The van der Waals surface area contributed by atoms with E-state index < -0.39 is 33.1 Å². The molecule has 2 aromatic carbocycles. The maximum atomic E-state index is 13.7. The van der Waals surface area contributed by atoms with Gasteiger partial charge in [0.1, 0.15) is 29.2 Å². The van der Waals surface area contributed by atoms with Crippen molar-refractivity contribution in [3.05, 3.63) is 52.0 Å². The molecule has 0 aromatic heterocycles. The summed E-state index contributed by atoms with van der Waals surface area (Å²) in [6, 6.07) is 4.79. The lowest BCUT2D eigenvalue weighted by atomic mass is 10.1. The van der Waals surface area contributed by atoms with E-state index in [0.717, 1.165) is 18.2 Å². The van der Waals surface area contributed by atoms with Crippen molar-refractivity contribution in [2.75, 3.05) is 0 Å². The summed E-state index contributed by atoms with van der Waals surface area (Å²) < 4.78 is 69.0. The van der Waals surface area contributed by atoms with Crippen LogP contribution in [0.1, 0.15) is 11.7 Å². The number of alkyl halides is 1. The Kier molecular flexibility index (Phi) is 3.89. The van der Waals surface area contributed by atoms with Crippen molar-refractivity contribution < 1.29 is 31.4 Å². The molecule has 122 valence electrons. The van der Waals surface area contributed by atoms with E-state index in [1.165, 1.54) is 6.07 Å². The van der Waals surface area contributed by atoms with Crippen LogP contribution < -0.4 is 4.74 Å². The zero-order valence-corrected chi connectivity index (χ0v) is 13.5. The molecule has 0 bridgehead atoms. The Morgan fingerprint density at radius 3 is 2.35 bits per heavy atom. The Morgan fingerprint density at radius 1 is 1.13 bits per heavy atom. The van der Waals surface area contributed by atoms with E-state index >= 15 is 0 Å². The number of hydrogen-bond acceptors (Lipinski definition) is 4. The lowest BCUT2D eigenvalue weighted by Crippen LogP contribution is -2.14. The summed E-state index contributed by atoms with van der Waals surface area (Å²) in [6.07, 6.45) is -1.88. The van der Waals surface area contributed by atoms with Gasteiger partial charge in [-0.1, -0.05) is 0 Å². The number of rotatable bonds is 2. The van der Waals surface area contributed by atoms with E-state index in [-0.39, 0.29) is 26.4 Å². The van der Waals surface area contributed by atoms with E-state index in [4.69, 9.17) is 4.74 Å². The van der Waals surface area contributed by atoms with Gasteiger partial charge in [-0.15, -0.1) is 0 Å². The fraction of sp³-hybridized carbons (Fsp3) is 0.143. The third-order valence-corrected chi connectivity index (χ3v) is 5.95. The predicted octanol–water partition coefficient (Wildman–Crippen LogP) is 3.64. The van der Waals surface area contributed by atoms with Gasteiger partial charge >= 0.3 is 0 Å². The first kappa shape index (κ1) is 16.3. The molecule has 0 spiro atoms. The highest BCUT2D eigenvalue weighted by Gasteiger charge is 2.46. The number of halogens is 4. The third kappa shape index (κ3) is 2.62. The number of benzene rings is 2. The maximum Gasteiger partial charge on any atom is 0.235 e. The molecular weight excluding hydrogens is 401 g/mol. The van der Waals surface area contributed by atoms with Gasteiger partial charge in [0.2, 0.25) is 15.3 Å². The highest BCUT2D eigenvalue weighted by atomic mass is 79.9. The third-order valence-electron chi connectivity index (χ3n) is 3.32. The molecule has 0 aliphatic carbocycles. The number of aliphatic hydroxyl groups is 1. The first-order chi connectivity index (χ1) is 10.7. The molecular formula is C14H8BrF3O4S. The van der Waals surface area contributed by atoms with Gasteiger partial charge in [0.25, 0.3) is 0 Å². The number of sulfone groups is 1. The second-order valence-corrected chi connectivity index (χ2v) is 7.61. The Morgan fingerprint density at radius 2 is 1.74 bits per heavy atom. The predicted molar refractivity (Wildman–Crippen MR) is 77.6 cm³/mol. The summed E-state index contributed by atoms with van der Waals surface area (Å²) >= 11 is 3.04. The summed E-state index contributed by atoms with van der Waals surface area (Å²) in [5.41, 5.74) is -2.66. The smallest absolute Gasteiger partial charge is 0.235 e. The summed E-state index contributed by atoms with van der Waals surface area (Å²) in [5, 5.41) is 9.79. The van der Waals surface area contributed by atoms with Gasteiger partial charge in [-0.2, -0.15) is 0 Å². The molecule has 2 unspecified atom stereocenters. The Hall–Kier alpha value is -1.58. The topological polar surface area (TPSA) is 63.6 Å². The monoisotopic (exact) mass is 408 g/mol. The molecule has 0 fully saturated rings. The van der Waals surface area contributed by atoms with Crippen LogP contribution in [0.4, 0.5) is 13.2 Å². The van der Waals surface area contributed by atoms with Crippen molar-refractivity contribution in [1.82, 2.24) is 0 Å². The molecule has 1 heterocycles. The van der Waals surface area contributed by atoms with Crippen LogP contribution in [0.25, 0.3) is 0 Å². The molecule has 9 heteroatoms. The fourth-order valence-electron chi connectivity index (χ4n) is 2.29. The van der Waals surface area contributed by atoms with Crippen LogP contribution in [0.3, 0.4) is 0 Å².